The zero-order valence-electron chi connectivity index (χ0n) is 12.7. The van der Waals surface area contributed by atoms with Crippen LogP contribution in [0.2, 0.25) is 0 Å². The Morgan fingerprint density at radius 1 is 1.25 bits per heavy atom. The van der Waals surface area contributed by atoms with E-state index in [9.17, 15) is 18.0 Å². The molecule has 2 unspecified atom stereocenters. The molecule has 1 rings (SSSR count). The minimum absolute atomic E-state index is 0.0672. The molecule has 1 aliphatic rings. The monoisotopic (exact) mass is 294 g/mol. The van der Waals surface area contributed by atoms with Crippen molar-refractivity contribution in [2.75, 3.05) is 19.6 Å². The zero-order valence-corrected chi connectivity index (χ0v) is 12.7. The molecule has 20 heavy (non-hydrogen) atoms. The highest BCUT2D eigenvalue weighted by molar-refractivity contribution is 5.73. The predicted molar refractivity (Wildman–Crippen MR) is 72.3 cm³/mol. The van der Waals surface area contributed by atoms with Crippen LogP contribution in [0.15, 0.2) is 0 Å². The lowest BCUT2D eigenvalue weighted by molar-refractivity contribution is -0.133. The number of amides is 1. The van der Waals surface area contributed by atoms with E-state index in [4.69, 9.17) is 0 Å². The van der Waals surface area contributed by atoms with Gasteiger partial charge < -0.3 is 10.2 Å². The summed E-state index contributed by atoms with van der Waals surface area (Å²) in [6.07, 6.45) is -2.61. The molecule has 0 aromatic rings. The van der Waals surface area contributed by atoms with Crippen molar-refractivity contribution in [3.05, 3.63) is 0 Å². The van der Waals surface area contributed by atoms with Gasteiger partial charge in [0.25, 0.3) is 0 Å². The number of halogens is 3. The highest BCUT2D eigenvalue weighted by Gasteiger charge is 2.34. The van der Waals surface area contributed by atoms with E-state index in [1.165, 1.54) is 6.92 Å². The second-order valence-corrected chi connectivity index (χ2v) is 6.98. The molecule has 1 N–H and O–H groups in total. The van der Waals surface area contributed by atoms with E-state index in [-0.39, 0.29) is 23.3 Å². The number of carbonyl (C=O) groups is 1. The summed E-state index contributed by atoms with van der Waals surface area (Å²) in [5.74, 6) is 0.181. The van der Waals surface area contributed by atoms with Crippen molar-refractivity contribution >= 4 is 5.91 Å². The maximum Gasteiger partial charge on any atom is 0.401 e. The average molecular weight is 294 g/mol. The number of piperidine rings is 1. The van der Waals surface area contributed by atoms with Crippen LogP contribution in [0.25, 0.3) is 0 Å². The average Bonchev–Trinajstić information content (AvgIpc) is 2.22. The Balaban J connectivity index is 2.63. The van der Waals surface area contributed by atoms with E-state index < -0.39 is 12.7 Å². The topological polar surface area (TPSA) is 32.3 Å². The van der Waals surface area contributed by atoms with Gasteiger partial charge in [-0.05, 0) is 24.2 Å². The smallest absolute Gasteiger partial charge is 0.341 e. The van der Waals surface area contributed by atoms with E-state index in [0.29, 0.717) is 19.5 Å². The molecule has 0 bridgehead atoms. The third-order valence-corrected chi connectivity index (χ3v) is 3.47. The molecule has 6 heteroatoms. The van der Waals surface area contributed by atoms with Gasteiger partial charge in [-0.3, -0.25) is 4.79 Å². The number of alkyl halides is 3. The minimum atomic E-state index is -4.21. The van der Waals surface area contributed by atoms with Crippen molar-refractivity contribution < 1.29 is 18.0 Å². The van der Waals surface area contributed by atoms with Gasteiger partial charge in [0, 0.05) is 26.1 Å². The number of carbonyl (C=O) groups excluding carboxylic acids is 1. The first-order valence-electron chi connectivity index (χ1n) is 7.02. The summed E-state index contributed by atoms with van der Waals surface area (Å²) in [7, 11) is 0. The lowest BCUT2D eigenvalue weighted by atomic mass is 9.80. The van der Waals surface area contributed by atoms with Crippen LogP contribution < -0.4 is 5.32 Å². The van der Waals surface area contributed by atoms with E-state index in [1.807, 2.05) is 0 Å². The van der Waals surface area contributed by atoms with Crippen molar-refractivity contribution in [3.63, 3.8) is 0 Å². The van der Waals surface area contributed by atoms with Gasteiger partial charge in [0.05, 0.1) is 6.54 Å². The van der Waals surface area contributed by atoms with Crippen molar-refractivity contribution in [2.45, 2.75) is 52.8 Å². The van der Waals surface area contributed by atoms with Gasteiger partial charge in [0.2, 0.25) is 5.91 Å². The van der Waals surface area contributed by atoms with E-state index in [2.05, 4.69) is 26.1 Å². The lowest BCUT2D eigenvalue weighted by Crippen LogP contribution is -2.52. The number of hydrogen-bond acceptors (Lipinski definition) is 2. The first-order valence-corrected chi connectivity index (χ1v) is 7.02. The molecule has 0 aromatic heterocycles. The molecular weight excluding hydrogens is 269 g/mol. The Morgan fingerprint density at radius 3 is 2.30 bits per heavy atom. The van der Waals surface area contributed by atoms with Crippen molar-refractivity contribution in [3.8, 4) is 0 Å². The predicted octanol–water partition coefficient (Wildman–Crippen LogP) is 2.81. The second-order valence-electron chi connectivity index (χ2n) is 6.98. The van der Waals surface area contributed by atoms with Gasteiger partial charge >= 0.3 is 6.18 Å². The summed E-state index contributed by atoms with van der Waals surface area (Å²) >= 11 is 0. The maximum absolute atomic E-state index is 12.3. The Labute approximate surface area is 118 Å². The summed E-state index contributed by atoms with van der Waals surface area (Å²) in [5.41, 5.74) is 0.110. The number of nitrogens with zero attached hydrogens (tertiary/aromatic N) is 1. The number of likely N-dealkylation sites (tertiary alicyclic amines) is 1. The molecule has 0 aromatic carbocycles. The fraction of sp³-hybridized carbons (Fsp3) is 0.929. The van der Waals surface area contributed by atoms with Crippen LogP contribution in [0.5, 0.6) is 0 Å². The molecule has 0 radical (unpaired) electrons. The first-order chi connectivity index (χ1) is 8.96. The molecule has 1 saturated heterocycles. The molecule has 1 aliphatic heterocycles. The molecular formula is C14H25F3N2O. The third-order valence-electron chi connectivity index (χ3n) is 3.47. The Morgan fingerprint density at radius 2 is 1.85 bits per heavy atom. The highest BCUT2D eigenvalue weighted by atomic mass is 19.4. The van der Waals surface area contributed by atoms with Gasteiger partial charge in [-0.25, -0.2) is 0 Å². The van der Waals surface area contributed by atoms with Crippen LogP contribution >= 0.6 is 0 Å². The van der Waals surface area contributed by atoms with Crippen LogP contribution in [0.1, 0.15) is 40.5 Å². The van der Waals surface area contributed by atoms with Gasteiger partial charge in [0.15, 0.2) is 0 Å². The minimum Gasteiger partial charge on any atom is -0.341 e. The Hall–Kier alpha value is -0.780. The lowest BCUT2D eigenvalue weighted by Gasteiger charge is -2.40. The van der Waals surface area contributed by atoms with E-state index in [1.54, 1.807) is 4.90 Å². The SMILES string of the molecule is CC(=O)N1CC(CC(C)(C)C)CC(NCC(F)(F)F)C1. The van der Waals surface area contributed by atoms with Crippen LogP contribution in [0.3, 0.4) is 0 Å². The Kier molecular flexibility index (Phi) is 5.46. The van der Waals surface area contributed by atoms with Crippen LogP contribution in [-0.2, 0) is 4.79 Å². The van der Waals surface area contributed by atoms with Crippen LogP contribution in [0.4, 0.5) is 13.2 Å². The van der Waals surface area contributed by atoms with Gasteiger partial charge in [-0.2, -0.15) is 13.2 Å². The molecule has 1 heterocycles. The van der Waals surface area contributed by atoms with Gasteiger partial charge in [0.1, 0.15) is 0 Å². The van der Waals surface area contributed by atoms with E-state index in [0.717, 1.165) is 6.42 Å². The molecule has 0 saturated carbocycles. The third kappa shape index (κ3) is 6.59. The number of hydrogen-bond donors (Lipinski definition) is 1. The largest absolute Gasteiger partial charge is 0.401 e. The number of nitrogens with one attached hydrogen (secondary N) is 1. The Bertz CT molecular complexity index is 336. The van der Waals surface area contributed by atoms with Crippen LogP contribution in [0, 0.1) is 11.3 Å². The maximum atomic E-state index is 12.3. The normalized spacial score (nSPS) is 24.9. The fourth-order valence-corrected chi connectivity index (χ4v) is 2.88. The summed E-state index contributed by atoms with van der Waals surface area (Å²) < 4.78 is 36.9. The molecule has 0 spiro atoms. The van der Waals surface area contributed by atoms with Gasteiger partial charge in [-0.1, -0.05) is 20.8 Å². The second kappa shape index (κ2) is 6.33. The van der Waals surface area contributed by atoms with Crippen molar-refractivity contribution in [2.24, 2.45) is 11.3 Å². The van der Waals surface area contributed by atoms with Crippen LogP contribution in [-0.4, -0.2) is 42.7 Å². The van der Waals surface area contributed by atoms with E-state index >= 15 is 0 Å². The summed E-state index contributed by atoms with van der Waals surface area (Å²) in [4.78, 5) is 13.2. The molecule has 118 valence electrons. The highest BCUT2D eigenvalue weighted by Crippen LogP contribution is 2.30. The molecule has 3 nitrogen and oxygen atoms in total. The summed E-state index contributed by atoms with van der Waals surface area (Å²) in [5, 5.41) is 2.54. The quantitative estimate of drug-likeness (QED) is 0.868. The van der Waals surface area contributed by atoms with Crippen molar-refractivity contribution in [1.82, 2.24) is 10.2 Å². The van der Waals surface area contributed by atoms with Gasteiger partial charge in [-0.15, -0.1) is 0 Å². The standard InChI is InChI=1S/C14H25F3N2O/c1-10(20)19-7-11(6-13(2,3)4)5-12(8-19)18-9-14(15,16)17/h11-12,18H,5-9H2,1-4H3. The van der Waals surface area contributed by atoms with Crippen molar-refractivity contribution in [1.29, 1.82) is 0 Å². The number of rotatable bonds is 3. The summed E-state index contributed by atoms with van der Waals surface area (Å²) in [6, 6.07) is -0.276. The molecule has 1 amide bonds. The molecule has 1 fully saturated rings. The fourth-order valence-electron chi connectivity index (χ4n) is 2.88. The first kappa shape index (κ1) is 17.3. The molecule has 0 aliphatic carbocycles. The zero-order chi connectivity index (χ0) is 15.6. The molecule has 2 atom stereocenters. The summed E-state index contributed by atoms with van der Waals surface area (Å²) in [6.45, 7) is 7.82.